The van der Waals surface area contributed by atoms with Gasteiger partial charge >= 0.3 is 0 Å². The van der Waals surface area contributed by atoms with Crippen LogP contribution in [0.5, 0.6) is 0 Å². The standard InChI is InChI=1S/C12H17NO/c1-3-13-12(10(2)14)9-11-7-5-4-6-8-11/h4-8,12-13H,3,9H2,1-2H3/t12-/m0/s1. The second-order valence-corrected chi connectivity index (χ2v) is 3.41. The third-order valence-electron chi connectivity index (χ3n) is 2.22. The minimum atomic E-state index is -0.0394. The van der Waals surface area contributed by atoms with Gasteiger partial charge in [0.05, 0.1) is 6.04 Å². The molecule has 1 rings (SSSR count). The van der Waals surface area contributed by atoms with Crippen LogP contribution >= 0.6 is 0 Å². The predicted molar refractivity (Wildman–Crippen MR) is 58.3 cm³/mol. The van der Waals surface area contributed by atoms with Crippen LogP contribution < -0.4 is 5.32 Å². The van der Waals surface area contributed by atoms with E-state index in [1.165, 1.54) is 5.56 Å². The van der Waals surface area contributed by atoms with Crippen LogP contribution in [0.25, 0.3) is 0 Å². The molecule has 0 aliphatic carbocycles. The summed E-state index contributed by atoms with van der Waals surface area (Å²) < 4.78 is 0. The van der Waals surface area contributed by atoms with Crippen molar-refractivity contribution >= 4 is 5.78 Å². The quantitative estimate of drug-likeness (QED) is 0.769. The van der Waals surface area contributed by atoms with Crippen LogP contribution in [0, 0.1) is 0 Å². The lowest BCUT2D eigenvalue weighted by Crippen LogP contribution is -2.36. The lowest BCUT2D eigenvalue weighted by atomic mass is 10.0. The van der Waals surface area contributed by atoms with Crippen molar-refractivity contribution in [3.05, 3.63) is 35.9 Å². The van der Waals surface area contributed by atoms with Gasteiger partial charge in [-0.3, -0.25) is 4.79 Å². The summed E-state index contributed by atoms with van der Waals surface area (Å²) in [6, 6.07) is 10.0. The maximum atomic E-state index is 11.3. The fourth-order valence-electron chi connectivity index (χ4n) is 1.46. The highest BCUT2D eigenvalue weighted by molar-refractivity contribution is 5.81. The fourth-order valence-corrected chi connectivity index (χ4v) is 1.46. The molecule has 1 aromatic rings. The number of hydrogen-bond donors (Lipinski definition) is 1. The number of carbonyl (C=O) groups excluding carboxylic acids is 1. The molecule has 0 saturated heterocycles. The summed E-state index contributed by atoms with van der Waals surface area (Å²) in [5.74, 6) is 0.204. The summed E-state index contributed by atoms with van der Waals surface area (Å²) in [6.45, 7) is 4.48. The Balaban J connectivity index is 2.60. The Bertz CT molecular complexity index is 282. The van der Waals surface area contributed by atoms with Gasteiger partial charge in [0.1, 0.15) is 5.78 Å². The van der Waals surface area contributed by atoms with Crippen molar-refractivity contribution < 1.29 is 4.79 Å². The van der Waals surface area contributed by atoms with E-state index in [1.807, 2.05) is 37.3 Å². The molecule has 0 bridgehead atoms. The predicted octanol–water partition coefficient (Wildman–Crippen LogP) is 1.80. The van der Waals surface area contributed by atoms with Crippen LogP contribution in [0.1, 0.15) is 19.4 Å². The number of carbonyl (C=O) groups is 1. The third-order valence-corrected chi connectivity index (χ3v) is 2.22. The molecule has 14 heavy (non-hydrogen) atoms. The molecule has 2 nitrogen and oxygen atoms in total. The van der Waals surface area contributed by atoms with Crippen LogP contribution in [0.2, 0.25) is 0 Å². The maximum absolute atomic E-state index is 11.3. The summed E-state index contributed by atoms with van der Waals surface area (Å²) >= 11 is 0. The fraction of sp³-hybridized carbons (Fsp3) is 0.417. The first kappa shape index (κ1) is 10.9. The maximum Gasteiger partial charge on any atom is 0.147 e. The highest BCUT2D eigenvalue weighted by Crippen LogP contribution is 2.03. The average Bonchev–Trinajstić information content (AvgIpc) is 2.18. The van der Waals surface area contributed by atoms with Gasteiger partial charge in [-0.05, 0) is 25.5 Å². The molecule has 1 atom stereocenters. The summed E-state index contributed by atoms with van der Waals surface area (Å²) in [5.41, 5.74) is 1.20. The molecular weight excluding hydrogens is 174 g/mol. The monoisotopic (exact) mass is 191 g/mol. The number of hydrogen-bond acceptors (Lipinski definition) is 2. The first-order valence-electron chi connectivity index (χ1n) is 5.01. The van der Waals surface area contributed by atoms with Crippen LogP contribution in [-0.2, 0) is 11.2 Å². The second kappa shape index (κ2) is 5.55. The van der Waals surface area contributed by atoms with E-state index >= 15 is 0 Å². The van der Waals surface area contributed by atoms with Gasteiger partial charge in [-0.2, -0.15) is 0 Å². The van der Waals surface area contributed by atoms with E-state index < -0.39 is 0 Å². The zero-order chi connectivity index (χ0) is 10.4. The number of ketones is 1. The summed E-state index contributed by atoms with van der Waals surface area (Å²) in [7, 11) is 0. The van der Waals surface area contributed by atoms with Crippen molar-refractivity contribution in [2.24, 2.45) is 0 Å². The Morgan fingerprint density at radius 1 is 1.36 bits per heavy atom. The van der Waals surface area contributed by atoms with E-state index in [2.05, 4.69) is 5.32 Å². The second-order valence-electron chi connectivity index (χ2n) is 3.41. The molecule has 0 saturated carbocycles. The molecule has 76 valence electrons. The van der Waals surface area contributed by atoms with Crippen LogP contribution in [-0.4, -0.2) is 18.4 Å². The summed E-state index contributed by atoms with van der Waals surface area (Å²) in [6.07, 6.45) is 0.782. The Labute approximate surface area is 85.3 Å². The summed E-state index contributed by atoms with van der Waals surface area (Å²) in [5, 5.41) is 3.18. The van der Waals surface area contributed by atoms with Gasteiger partial charge in [0.2, 0.25) is 0 Å². The van der Waals surface area contributed by atoms with Crippen molar-refractivity contribution in [1.82, 2.24) is 5.32 Å². The minimum absolute atomic E-state index is 0.0394. The first-order valence-corrected chi connectivity index (χ1v) is 5.01. The number of rotatable bonds is 5. The molecule has 1 aromatic carbocycles. The van der Waals surface area contributed by atoms with E-state index in [0.29, 0.717) is 0 Å². The largest absolute Gasteiger partial charge is 0.307 e. The van der Waals surface area contributed by atoms with Gasteiger partial charge in [0, 0.05) is 0 Å². The van der Waals surface area contributed by atoms with E-state index in [-0.39, 0.29) is 11.8 Å². The van der Waals surface area contributed by atoms with E-state index in [9.17, 15) is 4.79 Å². The van der Waals surface area contributed by atoms with Crippen molar-refractivity contribution in [2.75, 3.05) is 6.54 Å². The zero-order valence-electron chi connectivity index (χ0n) is 8.79. The zero-order valence-corrected chi connectivity index (χ0v) is 8.79. The molecule has 2 heteroatoms. The molecular formula is C12H17NO. The SMILES string of the molecule is CCN[C@@H](Cc1ccccc1)C(C)=O. The molecule has 0 aliphatic rings. The van der Waals surface area contributed by atoms with Crippen molar-refractivity contribution in [3.8, 4) is 0 Å². The first-order chi connectivity index (χ1) is 6.74. The highest BCUT2D eigenvalue weighted by atomic mass is 16.1. The summed E-state index contributed by atoms with van der Waals surface area (Å²) in [4.78, 5) is 11.3. The molecule has 0 heterocycles. The van der Waals surface area contributed by atoms with Crippen molar-refractivity contribution in [2.45, 2.75) is 26.3 Å². The molecule has 0 fully saturated rings. The molecule has 0 aliphatic heterocycles. The van der Waals surface area contributed by atoms with Crippen LogP contribution in [0.4, 0.5) is 0 Å². The molecule has 0 spiro atoms. The molecule has 1 N–H and O–H groups in total. The van der Waals surface area contributed by atoms with Gasteiger partial charge < -0.3 is 5.32 Å². The normalized spacial score (nSPS) is 12.4. The Hall–Kier alpha value is -1.15. The highest BCUT2D eigenvalue weighted by Gasteiger charge is 2.12. The Kier molecular flexibility index (Phi) is 4.33. The number of nitrogens with one attached hydrogen (secondary N) is 1. The lowest BCUT2D eigenvalue weighted by Gasteiger charge is -2.14. The van der Waals surface area contributed by atoms with Gasteiger partial charge in [-0.25, -0.2) is 0 Å². The number of benzene rings is 1. The lowest BCUT2D eigenvalue weighted by molar-refractivity contribution is -0.118. The smallest absolute Gasteiger partial charge is 0.147 e. The van der Waals surface area contributed by atoms with E-state index in [1.54, 1.807) is 6.92 Å². The third kappa shape index (κ3) is 3.30. The average molecular weight is 191 g/mol. The van der Waals surface area contributed by atoms with Gasteiger partial charge in [-0.15, -0.1) is 0 Å². The molecule has 0 unspecified atom stereocenters. The van der Waals surface area contributed by atoms with Crippen molar-refractivity contribution in [1.29, 1.82) is 0 Å². The van der Waals surface area contributed by atoms with Gasteiger partial charge in [0.15, 0.2) is 0 Å². The Morgan fingerprint density at radius 2 is 2.00 bits per heavy atom. The molecule has 0 aromatic heterocycles. The van der Waals surface area contributed by atoms with Crippen molar-refractivity contribution in [3.63, 3.8) is 0 Å². The topological polar surface area (TPSA) is 29.1 Å². The molecule has 0 amide bonds. The van der Waals surface area contributed by atoms with E-state index in [4.69, 9.17) is 0 Å². The number of likely N-dealkylation sites (N-methyl/N-ethyl adjacent to an activating group) is 1. The number of Topliss-reactive ketones (excluding diaryl/α,β-unsaturated/α-hetero) is 1. The minimum Gasteiger partial charge on any atom is -0.307 e. The van der Waals surface area contributed by atoms with Gasteiger partial charge in [0.25, 0.3) is 0 Å². The molecule has 0 radical (unpaired) electrons. The van der Waals surface area contributed by atoms with E-state index in [0.717, 1.165) is 13.0 Å². The van der Waals surface area contributed by atoms with Crippen LogP contribution in [0.15, 0.2) is 30.3 Å². The Morgan fingerprint density at radius 3 is 2.50 bits per heavy atom. The van der Waals surface area contributed by atoms with Gasteiger partial charge in [-0.1, -0.05) is 37.3 Å². The van der Waals surface area contributed by atoms with Crippen LogP contribution in [0.3, 0.4) is 0 Å².